The van der Waals surface area contributed by atoms with E-state index in [1.807, 2.05) is 0 Å². The number of fused-ring (bicyclic) bond motifs is 1. The molecule has 2 aromatic rings. The molecule has 160 valence electrons. The molecule has 9 heteroatoms. The van der Waals surface area contributed by atoms with E-state index in [0.717, 1.165) is 26.4 Å². The van der Waals surface area contributed by atoms with Crippen molar-refractivity contribution in [1.82, 2.24) is 4.90 Å². The summed E-state index contributed by atoms with van der Waals surface area (Å²) in [5, 5.41) is 0. The van der Waals surface area contributed by atoms with Crippen molar-refractivity contribution < 1.29 is 37.8 Å². The largest absolute Gasteiger partial charge is 0.469 e. The quantitative estimate of drug-likeness (QED) is 0.378. The van der Waals surface area contributed by atoms with E-state index in [2.05, 4.69) is 0 Å². The Labute approximate surface area is 176 Å². The van der Waals surface area contributed by atoms with Crippen molar-refractivity contribution in [2.45, 2.75) is 12.5 Å². The summed E-state index contributed by atoms with van der Waals surface area (Å²) >= 11 is 0. The van der Waals surface area contributed by atoms with Gasteiger partial charge in [0.05, 0.1) is 31.3 Å². The van der Waals surface area contributed by atoms with Gasteiger partial charge in [0.1, 0.15) is 5.82 Å². The number of halogens is 1. The summed E-state index contributed by atoms with van der Waals surface area (Å²) in [7, 11) is 2.08. The van der Waals surface area contributed by atoms with Crippen LogP contribution in [0.15, 0.2) is 48.5 Å². The minimum Gasteiger partial charge on any atom is -0.469 e. The fourth-order valence-corrected chi connectivity index (χ4v) is 3.46. The first-order valence-electron chi connectivity index (χ1n) is 9.21. The number of hydrogen-bond acceptors (Lipinski definition) is 7. The van der Waals surface area contributed by atoms with E-state index in [0.29, 0.717) is 4.90 Å². The van der Waals surface area contributed by atoms with Gasteiger partial charge in [0.15, 0.2) is 11.8 Å². The topological polar surface area (TPSA) is 107 Å². The van der Waals surface area contributed by atoms with Gasteiger partial charge in [0.2, 0.25) is 0 Å². The molecule has 1 aliphatic rings. The monoisotopic (exact) mass is 427 g/mol. The molecule has 2 atom stereocenters. The Morgan fingerprint density at radius 1 is 0.871 bits per heavy atom. The normalized spacial score (nSPS) is 14.6. The number of esters is 2. The lowest BCUT2D eigenvalue weighted by Crippen LogP contribution is -2.52. The molecule has 2 amide bonds. The zero-order chi connectivity index (χ0) is 22.7. The van der Waals surface area contributed by atoms with Crippen molar-refractivity contribution in [3.63, 3.8) is 0 Å². The molecule has 31 heavy (non-hydrogen) atoms. The standard InChI is InChI=1S/C22H18FNO7/c1-30-21(28)16(11-17(25)12-7-9-13(23)10-8-12)18(22(29)31-2)24-19(26)14-5-3-4-6-15(14)20(24)27/h3-10,16,18H,11H2,1-2H3/t16-,18-/m1/s1. The van der Waals surface area contributed by atoms with Gasteiger partial charge in [-0.15, -0.1) is 0 Å². The number of rotatable bonds is 7. The Hall–Kier alpha value is -3.88. The van der Waals surface area contributed by atoms with Gasteiger partial charge in [-0.05, 0) is 36.4 Å². The maximum Gasteiger partial charge on any atom is 0.330 e. The lowest BCUT2D eigenvalue weighted by molar-refractivity contribution is -0.157. The van der Waals surface area contributed by atoms with Crippen LogP contribution < -0.4 is 0 Å². The van der Waals surface area contributed by atoms with E-state index in [-0.39, 0.29) is 16.7 Å². The maximum atomic E-state index is 13.2. The van der Waals surface area contributed by atoms with Crippen molar-refractivity contribution in [1.29, 1.82) is 0 Å². The lowest BCUT2D eigenvalue weighted by Gasteiger charge is -2.29. The Morgan fingerprint density at radius 3 is 1.87 bits per heavy atom. The molecule has 0 spiro atoms. The average molecular weight is 427 g/mol. The van der Waals surface area contributed by atoms with Crippen LogP contribution in [0.3, 0.4) is 0 Å². The van der Waals surface area contributed by atoms with Crippen molar-refractivity contribution in [3.05, 3.63) is 71.0 Å². The highest BCUT2D eigenvalue weighted by Gasteiger charge is 2.49. The van der Waals surface area contributed by atoms with Gasteiger partial charge < -0.3 is 9.47 Å². The van der Waals surface area contributed by atoms with Gasteiger partial charge in [0.25, 0.3) is 11.8 Å². The molecule has 0 saturated heterocycles. The highest BCUT2D eigenvalue weighted by molar-refractivity contribution is 6.23. The van der Waals surface area contributed by atoms with E-state index < -0.39 is 53.7 Å². The molecule has 0 N–H and O–H groups in total. The van der Waals surface area contributed by atoms with Crippen LogP contribution in [0.4, 0.5) is 4.39 Å². The minimum absolute atomic E-state index is 0.0647. The molecule has 0 unspecified atom stereocenters. The van der Waals surface area contributed by atoms with Crippen LogP contribution in [-0.2, 0) is 19.1 Å². The van der Waals surface area contributed by atoms with Crippen LogP contribution in [0.5, 0.6) is 0 Å². The number of nitrogens with zero attached hydrogens (tertiary/aromatic N) is 1. The van der Waals surface area contributed by atoms with Gasteiger partial charge in [-0.2, -0.15) is 0 Å². The van der Waals surface area contributed by atoms with Crippen LogP contribution in [0.25, 0.3) is 0 Å². The first-order chi connectivity index (χ1) is 14.8. The molecule has 0 radical (unpaired) electrons. The Bertz CT molecular complexity index is 1030. The second-order valence-electron chi connectivity index (χ2n) is 6.76. The number of carbonyl (C=O) groups excluding carboxylic acids is 5. The number of imide groups is 1. The van der Waals surface area contributed by atoms with Gasteiger partial charge in [-0.25, -0.2) is 9.18 Å². The first kappa shape index (κ1) is 21.8. The Morgan fingerprint density at radius 2 is 1.39 bits per heavy atom. The zero-order valence-electron chi connectivity index (χ0n) is 16.7. The zero-order valence-corrected chi connectivity index (χ0v) is 16.7. The van der Waals surface area contributed by atoms with Crippen LogP contribution in [0, 0.1) is 11.7 Å². The van der Waals surface area contributed by atoms with Gasteiger partial charge in [-0.1, -0.05) is 12.1 Å². The predicted octanol–water partition coefficient (Wildman–Crippen LogP) is 2.03. The summed E-state index contributed by atoms with van der Waals surface area (Å²) in [6, 6.07) is 8.80. The summed E-state index contributed by atoms with van der Waals surface area (Å²) < 4.78 is 22.7. The van der Waals surface area contributed by atoms with Gasteiger partial charge in [0, 0.05) is 12.0 Å². The van der Waals surface area contributed by atoms with Crippen molar-refractivity contribution in [3.8, 4) is 0 Å². The second kappa shape index (κ2) is 8.86. The minimum atomic E-state index is -1.73. The van der Waals surface area contributed by atoms with E-state index in [9.17, 15) is 28.4 Å². The molecule has 0 fully saturated rings. The second-order valence-corrected chi connectivity index (χ2v) is 6.76. The molecule has 0 aromatic heterocycles. The number of carbonyl (C=O) groups is 5. The van der Waals surface area contributed by atoms with Crippen molar-refractivity contribution in [2.75, 3.05) is 14.2 Å². The summed E-state index contributed by atoms with van der Waals surface area (Å²) in [5.41, 5.74) is 0.214. The summed E-state index contributed by atoms with van der Waals surface area (Å²) in [5.74, 6) is -6.32. The van der Waals surface area contributed by atoms with Crippen LogP contribution in [-0.4, -0.2) is 54.7 Å². The number of amides is 2. The summed E-state index contributed by atoms with van der Waals surface area (Å²) in [4.78, 5) is 64.3. The van der Waals surface area contributed by atoms with Crippen molar-refractivity contribution >= 4 is 29.5 Å². The third-order valence-corrected chi connectivity index (χ3v) is 5.00. The molecule has 3 rings (SSSR count). The highest BCUT2D eigenvalue weighted by atomic mass is 19.1. The number of benzene rings is 2. The average Bonchev–Trinajstić information content (AvgIpc) is 3.03. The van der Waals surface area contributed by atoms with Gasteiger partial charge in [-0.3, -0.25) is 24.1 Å². The molecular weight excluding hydrogens is 409 g/mol. The van der Waals surface area contributed by atoms with E-state index in [1.54, 1.807) is 12.1 Å². The van der Waals surface area contributed by atoms with E-state index in [4.69, 9.17) is 9.47 Å². The summed E-state index contributed by atoms with van der Waals surface area (Å²) in [6.45, 7) is 0. The smallest absolute Gasteiger partial charge is 0.330 e. The Kier molecular flexibility index (Phi) is 6.24. The SMILES string of the molecule is COC(=O)[C@H](CC(=O)c1ccc(F)cc1)[C@H](C(=O)OC)N1C(=O)c2ccccc2C1=O. The van der Waals surface area contributed by atoms with Crippen LogP contribution >= 0.6 is 0 Å². The number of hydrogen-bond donors (Lipinski definition) is 0. The van der Waals surface area contributed by atoms with Gasteiger partial charge >= 0.3 is 11.9 Å². The first-order valence-corrected chi connectivity index (χ1v) is 9.21. The molecule has 0 saturated carbocycles. The highest BCUT2D eigenvalue weighted by Crippen LogP contribution is 2.30. The van der Waals surface area contributed by atoms with Crippen LogP contribution in [0.1, 0.15) is 37.5 Å². The molecule has 0 aliphatic carbocycles. The molecule has 1 aliphatic heterocycles. The number of methoxy groups -OCH3 is 2. The lowest BCUT2D eigenvalue weighted by atomic mass is 9.90. The van der Waals surface area contributed by atoms with E-state index >= 15 is 0 Å². The molecule has 0 bridgehead atoms. The Balaban J connectivity index is 2.01. The molecule has 8 nitrogen and oxygen atoms in total. The summed E-state index contributed by atoms with van der Waals surface area (Å²) in [6.07, 6.45) is -0.578. The third kappa shape index (κ3) is 4.07. The fourth-order valence-electron chi connectivity index (χ4n) is 3.46. The number of ketones is 1. The third-order valence-electron chi connectivity index (χ3n) is 5.00. The fraction of sp³-hybridized carbons (Fsp3) is 0.227. The van der Waals surface area contributed by atoms with E-state index in [1.165, 1.54) is 24.3 Å². The number of Topliss-reactive ketones (excluding diaryl/α,β-unsaturated/α-hetero) is 1. The maximum absolute atomic E-state index is 13.2. The van der Waals surface area contributed by atoms with Crippen molar-refractivity contribution in [2.24, 2.45) is 5.92 Å². The molecular formula is C22H18FNO7. The predicted molar refractivity (Wildman–Crippen MR) is 104 cm³/mol. The molecule has 1 heterocycles. The molecule has 2 aromatic carbocycles. The number of ether oxygens (including phenoxy) is 2. The van der Waals surface area contributed by atoms with Crippen LogP contribution in [0.2, 0.25) is 0 Å².